The van der Waals surface area contributed by atoms with E-state index in [9.17, 15) is 9.59 Å². The summed E-state index contributed by atoms with van der Waals surface area (Å²) in [6, 6.07) is 12.0. The van der Waals surface area contributed by atoms with Crippen LogP contribution in [0.25, 0.3) is 0 Å². The Morgan fingerprint density at radius 3 is 2.36 bits per heavy atom. The highest BCUT2D eigenvalue weighted by Crippen LogP contribution is 2.29. The highest BCUT2D eigenvalue weighted by Gasteiger charge is 2.35. The zero-order valence-electron chi connectivity index (χ0n) is 15.2. The van der Waals surface area contributed by atoms with E-state index < -0.39 is 0 Å². The lowest BCUT2D eigenvalue weighted by Crippen LogP contribution is -2.28. The highest BCUT2D eigenvalue weighted by molar-refractivity contribution is 6.04. The van der Waals surface area contributed by atoms with Crippen molar-refractivity contribution in [3.63, 3.8) is 0 Å². The molecule has 4 nitrogen and oxygen atoms in total. The van der Waals surface area contributed by atoms with Gasteiger partial charge >= 0.3 is 0 Å². The van der Waals surface area contributed by atoms with Crippen LogP contribution in [0.5, 0.6) is 0 Å². The monoisotopic (exact) mass is 336 g/mol. The molecule has 2 aromatic carbocycles. The number of carbonyl (C=O) groups is 2. The minimum Gasteiger partial charge on any atom is -0.326 e. The van der Waals surface area contributed by atoms with Crippen molar-refractivity contribution in [3.05, 3.63) is 58.7 Å². The lowest BCUT2D eigenvalue weighted by atomic mass is 10.1. The van der Waals surface area contributed by atoms with Crippen molar-refractivity contribution in [1.29, 1.82) is 0 Å². The quantitative estimate of drug-likeness (QED) is 0.924. The molecule has 3 rings (SSSR count). The van der Waals surface area contributed by atoms with E-state index in [1.54, 1.807) is 4.90 Å². The molecule has 1 aliphatic rings. The van der Waals surface area contributed by atoms with Gasteiger partial charge in [0.25, 0.3) is 0 Å². The number of nitrogens with zero attached hydrogens (tertiary/aromatic N) is 1. The largest absolute Gasteiger partial charge is 0.326 e. The van der Waals surface area contributed by atoms with Gasteiger partial charge in [0, 0.05) is 24.3 Å². The first-order valence-corrected chi connectivity index (χ1v) is 8.61. The average Bonchev–Trinajstić information content (AvgIpc) is 2.95. The molecular formula is C21H24N2O2. The van der Waals surface area contributed by atoms with Crippen LogP contribution in [0.15, 0.2) is 36.4 Å². The van der Waals surface area contributed by atoms with Crippen LogP contribution in [0.4, 0.5) is 11.4 Å². The molecule has 1 heterocycles. The standard InChI is InChI=1S/C21H24N2O2/c1-13-5-7-15(3)18(9-13)22-21(25)17-11-20(24)23(12-17)19-10-14(2)6-8-16(19)4/h5-10,17H,11-12H2,1-4H3,(H,22,25)/t17-/m0/s1. The summed E-state index contributed by atoms with van der Waals surface area (Å²) in [5.74, 6) is -0.406. The topological polar surface area (TPSA) is 49.4 Å². The lowest BCUT2D eigenvalue weighted by Gasteiger charge is -2.20. The molecule has 2 amide bonds. The van der Waals surface area contributed by atoms with Gasteiger partial charge in [-0.05, 0) is 62.1 Å². The number of anilines is 2. The van der Waals surface area contributed by atoms with Crippen LogP contribution in [0.3, 0.4) is 0 Å². The van der Waals surface area contributed by atoms with Gasteiger partial charge in [-0.25, -0.2) is 0 Å². The van der Waals surface area contributed by atoms with Crippen LogP contribution in [-0.4, -0.2) is 18.4 Å². The van der Waals surface area contributed by atoms with Gasteiger partial charge in [0.15, 0.2) is 0 Å². The molecule has 0 radical (unpaired) electrons. The molecule has 1 saturated heterocycles. The molecule has 0 aromatic heterocycles. The number of rotatable bonds is 3. The Hall–Kier alpha value is -2.62. The minimum atomic E-state index is -0.327. The van der Waals surface area contributed by atoms with Crippen LogP contribution >= 0.6 is 0 Å². The third-order valence-electron chi connectivity index (χ3n) is 4.80. The molecule has 0 saturated carbocycles. The van der Waals surface area contributed by atoms with Crippen molar-refractivity contribution in [1.82, 2.24) is 0 Å². The molecule has 0 unspecified atom stereocenters. The summed E-state index contributed by atoms with van der Waals surface area (Å²) < 4.78 is 0. The molecule has 0 aliphatic carbocycles. The third kappa shape index (κ3) is 3.58. The SMILES string of the molecule is Cc1ccc(C)c(NC(=O)[C@H]2CC(=O)N(c3cc(C)ccc3C)C2)c1. The van der Waals surface area contributed by atoms with Crippen LogP contribution in [-0.2, 0) is 9.59 Å². The Bertz CT molecular complexity index is 842. The van der Waals surface area contributed by atoms with E-state index in [0.717, 1.165) is 33.6 Å². The van der Waals surface area contributed by atoms with Gasteiger partial charge in [0.1, 0.15) is 0 Å². The summed E-state index contributed by atoms with van der Waals surface area (Å²) in [5.41, 5.74) is 6.01. The Balaban J connectivity index is 1.77. The fourth-order valence-electron chi connectivity index (χ4n) is 3.23. The van der Waals surface area contributed by atoms with Crippen LogP contribution in [0.2, 0.25) is 0 Å². The summed E-state index contributed by atoms with van der Waals surface area (Å²) >= 11 is 0. The Morgan fingerprint density at radius 1 is 1.00 bits per heavy atom. The van der Waals surface area contributed by atoms with Crippen molar-refractivity contribution in [2.45, 2.75) is 34.1 Å². The fourth-order valence-corrected chi connectivity index (χ4v) is 3.23. The van der Waals surface area contributed by atoms with Crippen molar-refractivity contribution >= 4 is 23.2 Å². The maximum Gasteiger partial charge on any atom is 0.229 e. The smallest absolute Gasteiger partial charge is 0.229 e. The molecule has 1 fully saturated rings. The molecule has 4 heteroatoms. The summed E-state index contributed by atoms with van der Waals surface area (Å²) in [4.78, 5) is 26.9. The molecule has 2 aromatic rings. The number of hydrogen-bond acceptors (Lipinski definition) is 2. The Morgan fingerprint density at radius 2 is 1.64 bits per heavy atom. The number of benzene rings is 2. The first-order valence-electron chi connectivity index (χ1n) is 8.61. The highest BCUT2D eigenvalue weighted by atomic mass is 16.2. The minimum absolute atomic E-state index is 0.00909. The number of hydrogen-bond donors (Lipinski definition) is 1. The van der Waals surface area contributed by atoms with E-state index in [-0.39, 0.29) is 24.2 Å². The summed E-state index contributed by atoms with van der Waals surface area (Å²) in [6.07, 6.45) is 0.254. The normalized spacial score (nSPS) is 17.0. The Kier molecular flexibility index (Phi) is 4.62. The van der Waals surface area contributed by atoms with Crippen LogP contribution < -0.4 is 10.2 Å². The molecule has 1 aliphatic heterocycles. The molecular weight excluding hydrogens is 312 g/mol. The first kappa shape index (κ1) is 17.2. The molecule has 1 atom stereocenters. The Labute approximate surface area is 148 Å². The molecule has 1 N–H and O–H groups in total. The second-order valence-electron chi connectivity index (χ2n) is 7.00. The third-order valence-corrected chi connectivity index (χ3v) is 4.80. The first-order chi connectivity index (χ1) is 11.8. The molecule has 0 spiro atoms. The molecule has 25 heavy (non-hydrogen) atoms. The zero-order chi connectivity index (χ0) is 18.1. The van der Waals surface area contributed by atoms with Crippen molar-refractivity contribution in [2.24, 2.45) is 5.92 Å². The second kappa shape index (κ2) is 6.71. The van der Waals surface area contributed by atoms with Gasteiger partial charge in [-0.3, -0.25) is 9.59 Å². The molecule has 130 valence electrons. The maximum atomic E-state index is 12.7. The fraction of sp³-hybridized carbons (Fsp3) is 0.333. The van der Waals surface area contributed by atoms with Gasteiger partial charge in [-0.1, -0.05) is 24.3 Å². The summed E-state index contributed by atoms with van der Waals surface area (Å²) in [7, 11) is 0. The zero-order valence-corrected chi connectivity index (χ0v) is 15.2. The van der Waals surface area contributed by atoms with Crippen LogP contribution in [0, 0.1) is 33.6 Å². The van der Waals surface area contributed by atoms with Gasteiger partial charge < -0.3 is 10.2 Å². The van der Waals surface area contributed by atoms with Crippen LogP contribution in [0.1, 0.15) is 28.7 Å². The maximum absolute atomic E-state index is 12.7. The lowest BCUT2D eigenvalue weighted by molar-refractivity contribution is -0.122. The second-order valence-corrected chi connectivity index (χ2v) is 7.00. The van der Waals surface area contributed by atoms with E-state index in [0.29, 0.717) is 6.54 Å². The summed E-state index contributed by atoms with van der Waals surface area (Å²) in [5, 5.41) is 2.99. The van der Waals surface area contributed by atoms with Crippen molar-refractivity contribution in [3.8, 4) is 0 Å². The molecule has 0 bridgehead atoms. The van der Waals surface area contributed by atoms with E-state index in [4.69, 9.17) is 0 Å². The number of nitrogens with one attached hydrogen (secondary N) is 1. The predicted molar refractivity (Wildman–Crippen MR) is 101 cm³/mol. The average molecular weight is 336 g/mol. The number of amides is 2. The number of aryl methyl sites for hydroxylation is 4. The van der Waals surface area contributed by atoms with E-state index in [1.165, 1.54) is 0 Å². The van der Waals surface area contributed by atoms with Crippen molar-refractivity contribution < 1.29 is 9.59 Å². The van der Waals surface area contributed by atoms with Crippen molar-refractivity contribution in [2.75, 3.05) is 16.8 Å². The number of carbonyl (C=O) groups excluding carboxylic acids is 2. The van der Waals surface area contributed by atoms with Gasteiger partial charge in [-0.2, -0.15) is 0 Å². The summed E-state index contributed by atoms with van der Waals surface area (Å²) in [6.45, 7) is 8.40. The van der Waals surface area contributed by atoms with E-state index >= 15 is 0 Å². The predicted octanol–water partition coefficient (Wildman–Crippen LogP) is 3.91. The van der Waals surface area contributed by atoms with Gasteiger partial charge in [0.05, 0.1) is 5.92 Å². The van der Waals surface area contributed by atoms with Gasteiger partial charge in [-0.15, -0.1) is 0 Å². The van der Waals surface area contributed by atoms with Gasteiger partial charge in [0.2, 0.25) is 11.8 Å². The van der Waals surface area contributed by atoms with E-state index in [2.05, 4.69) is 5.32 Å². The van der Waals surface area contributed by atoms with E-state index in [1.807, 2.05) is 64.1 Å².